The van der Waals surface area contributed by atoms with Crippen molar-refractivity contribution in [2.24, 2.45) is 5.92 Å². The molecule has 1 atom stereocenters. The fraction of sp³-hybridized carbons (Fsp3) is 0.562. The van der Waals surface area contributed by atoms with Gasteiger partial charge in [0.15, 0.2) is 0 Å². The first-order valence-corrected chi connectivity index (χ1v) is 7.55. The van der Waals surface area contributed by atoms with E-state index in [1.165, 1.54) is 19.3 Å². The molecule has 1 fully saturated rings. The molecule has 1 aliphatic heterocycles. The third-order valence-corrected chi connectivity index (χ3v) is 4.01. The summed E-state index contributed by atoms with van der Waals surface area (Å²) >= 11 is 0. The number of carbonyl (C=O) groups is 1. The van der Waals surface area contributed by atoms with Crippen molar-refractivity contribution in [3.8, 4) is 0 Å². The van der Waals surface area contributed by atoms with Crippen molar-refractivity contribution in [3.63, 3.8) is 0 Å². The lowest BCUT2D eigenvalue weighted by Crippen LogP contribution is -2.37. The minimum atomic E-state index is 0.0641. The van der Waals surface area contributed by atoms with Crippen molar-refractivity contribution in [2.75, 3.05) is 30.7 Å². The Kier molecular flexibility index (Phi) is 5.41. The molecule has 3 N–H and O–H groups in total. The van der Waals surface area contributed by atoms with Gasteiger partial charge in [0.05, 0.1) is 0 Å². The van der Waals surface area contributed by atoms with E-state index >= 15 is 0 Å². The van der Waals surface area contributed by atoms with Crippen molar-refractivity contribution in [1.29, 1.82) is 0 Å². The number of likely N-dealkylation sites (tertiary alicyclic amines) is 1. The average molecular weight is 275 g/mol. The average Bonchev–Trinajstić information content (AvgIpc) is 2.45. The fourth-order valence-corrected chi connectivity index (χ4v) is 2.79. The van der Waals surface area contributed by atoms with E-state index in [2.05, 4.69) is 17.1 Å². The smallest absolute Gasteiger partial charge is 0.225 e. The first kappa shape index (κ1) is 14.9. The van der Waals surface area contributed by atoms with E-state index in [0.717, 1.165) is 31.2 Å². The molecular formula is C16H25N3O. The van der Waals surface area contributed by atoms with Gasteiger partial charge in [-0.2, -0.15) is 0 Å². The fourth-order valence-electron chi connectivity index (χ4n) is 2.79. The summed E-state index contributed by atoms with van der Waals surface area (Å²) in [6, 6.07) is 7.31. The van der Waals surface area contributed by atoms with Crippen LogP contribution in [0.2, 0.25) is 0 Å². The number of nitrogens with zero attached hydrogens (tertiary/aromatic N) is 1. The molecule has 1 aliphatic rings. The molecule has 2 rings (SSSR count). The predicted octanol–water partition coefficient (Wildman–Crippen LogP) is 2.72. The van der Waals surface area contributed by atoms with Gasteiger partial charge in [-0.25, -0.2) is 0 Å². The number of carbonyl (C=O) groups excluding carboxylic acids is 1. The van der Waals surface area contributed by atoms with Crippen LogP contribution < -0.4 is 11.1 Å². The highest BCUT2D eigenvalue weighted by Gasteiger charge is 2.18. The molecule has 1 heterocycles. The van der Waals surface area contributed by atoms with E-state index in [1.54, 1.807) is 6.07 Å². The normalized spacial score (nSPS) is 19.8. The Hall–Kier alpha value is -1.55. The summed E-state index contributed by atoms with van der Waals surface area (Å²) in [5.41, 5.74) is 7.15. The second kappa shape index (κ2) is 7.29. The third kappa shape index (κ3) is 4.53. The zero-order valence-electron chi connectivity index (χ0n) is 12.3. The number of nitrogens with two attached hydrogens (primary N) is 1. The summed E-state index contributed by atoms with van der Waals surface area (Å²) in [5.74, 6) is 0.870. The van der Waals surface area contributed by atoms with Gasteiger partial charge in [0.2, 0.25) is 5.91 Å². The second-order valence-electron chi connectivity index (χ2n) is 5.64. The Morgan fingerprint density at radius 1 is 1.50 bits per heavy atom. The maximum atomic E-state index is 11.9. The topological polar surface area (TPSA) is 58.4 Å². The van der Waals surface area contributed by atoms with Gasteiger partial charge in [-0.1, -0.05) is 19.4 Å². The number of benzene rings is 1. The lowest BCUT2D eigenvalue weighted by Gasteiger charge is -2.31. The number of nitrogen functional groups attached to an aromatic ring is 1. The van der Waals surface area contributed by atoms with Crippen LogP contribution in [-0.2, 0) is 4.79 Å². The molecule has 0 spiro atoms. The van der Waals surface area contributed by atoms with Gasteiger partial charge in [0.1, 0.15) is 0 Å². The summed E-state index contributed by atoms with van der Waals surface area (Å²) < 4.78 is 0. The van der Waals surface area contributed by atoms with Gasteiger partial charge in [0.25, 0.3) is 0 Å². The lowest BCUT2D eigenvalue weighted by molar-refractivity contribution is -0.116. The number of amides is 1. The quantitative estimate of drug-likeness (QED) is 0.812. The minimum Gasteiger partial charge on any atom is -0.399 e. The Morgan fingerprint density at radius 2 is 2.35 bits per heavy atom. The summed E-state index contributed by atoms with van der Waals surface area (Å²) in [6.45, 7) is 5.37. The van der Waals surface area contributed by atoms with E-state index in [9.17, 15) is 4.79 Å². The third-order valence-electron chi connectivity index (χ3n) is 4.01. The van der Waals surface area contributed by atoms with E-state index in [4.69, 9.17) is 5.73 Å². The maximum absolute atomic E-state index is 11.9. The SMILES string of the molecule is CCC1CCCN(CCC(=O)Nc2cccc(N)c2)C1. The standard InChI is InChI=1S/C16H25N3O/c1-2-13-5-4-9-19(12-13)10-8-16(20)18-15-7-3-6-14(17)11-15/h3,6-7,11,13H,2,4-5,8-10,12,17H2,1H3,(H,18,20). The monoisotopic (exact) mass is 275 g/mol. The molecule has 1 amide bonds. The van der Waals surface area contributed by atoms with Crippen LogP contribution in [0.5, 0.6) is 0 Å². The Morgan fingerprint density at radius 3 is 3.10 bits per heavy atom. The van der Waals surface area contributed by atoms with Crippen LogP contribution in [0.15, 0.2) is 24.3 Å². The van der Waals surface area contributed by atoms with E-state index in [-0.39, 0.29) is 5.91 Å². The van der Waals surface area contributed by atoms with Gasteiger partial charge in [0, 0.05) is 30.9 Å². The lowest BCUT2D eigenvalue weighted by atomic mass is 9.95. The molecule has 0 bridgehead atoms. The number of hydrogen-bond acceptors (Lipinski definition) is 3. The molecule has 0 aromatic heterocycles. The number of nitrogens with one attached hydrogen (secondary N) is 1. The number of piperidine rings is 1. The summed E-state index contributed by atoms with van der Waals surface area (Å²) in [6.07, 6.45) is 4.38. The van der Waals surface area contributed by atoms with Gasteiger partial charge >= 0.3 is 0 Å². The molecule has 110 valence electrons. The zero-order chi connectivity index (χ0) is 14.4. The van der Waals surface area contributed by atoms with Crippen LogP contribution >= 0.6 is 0 Å². The Labute approximate surface area is 121 Å². The van der Waals surface area contributed by atoms with Crippen LogP contribution in [-0.4, -0.2) is 30.4 Å². The van der Waals surface area contributed by atoms with Crippen LogP contribution in [0.1, 0.15) is 32.6 Å². The van der Waals surface area contributed by atoms with Gasteiger partial charge in [-0.05, 0) is 43.5 Å². The predicted molar refractivity (Wildman–Crippen MR) is 83.6 cm³/mol. The zero-order valence-corrected chi connectivity index (χ0v) is 12.3. The molecule has 0 radical (unpaired) electrons. The second-order valence-corrected chi connectivity index (χ2v) is 5.64. The van der Waals surface area contributed by atoms with Crippen LogP contribution in [0.25, 0.3) is 0 Å². The van der Waals surface area contributed by atoms with Crippen molar-refractivity contribution < 1.29 is 4.79 Å². The van der Waals surface area contributed by atoms with E-state index < -0.39 is 0 Å². The largest absolute Gasteiger partial charge is 0.399 e. The molecule has 4 heteroatoms. The summed E-state index contributed by atoms with van der Waals surface area (Å²) in [5, 5.41) is 2.90. The van der Waals surface area contributed by atoms with Gasteiger partial charge in [-0.15, -0.1) is 0 Å². The molecule has 1 unspecified atom stereocenters. The van der Waals surface area contributed by atoms with Crippen molar-refractivity contribution >= 4 is 17.3 Å². The van der Waals surface area contributed by atoms with Crippen LogP contribution in [0.3, 0.4) is 0 Å². The molecule has 20 heavy (non-hydrogen) atoms. The molecule has 0 aliphatic carbocycles. The molecule has 0 saturated carbocycles. The first-order valence-electron chi connectivity index (χ1n) is 7.55. The van der Waals surface area contributed by atoms with Crippen molar-refractivity contribution in [3.05, 3.63) is 24.3 Å². The molecule has 4 nitrogen and oxygen atoms in total. The van der Waals surface area contributed by atoms with Gasteiger partial charge in [-0.3, -0.25) is 4.79 Å². The molecule has 1 saturated heterocycles. The number of rotatable bonds is 5. The van der Waals surface area contributed by atoms with E-state index in [0.29, 0.717) is 12.1 Å². The van der Waals surface area contributed by atoms with Crippen LogP contribution in [0.4, 0.5) is 11.4 Å². The minimum absolute atomic E-state index is 0.0641. The first-order chi connectivity index (χ1) is 9.67. The number of hydrogen-bond donors (Lipinski definition) is 2. The van der Waals surface area contributed by atoms with Crippen molar-refractivity contribution in [1.82, 2.24) is 4.90 Å². The Balaban J connectivity index is 1.75. The summed E-state index contributed by atoms with van der Waals surface area (Å²) in [7, 11) is 0. The van der Waals surface area contributed by atoms with Crippen LogP contribution in [0, 0.1) is 5.92 Å². The van der Waals surface area contributed by atoms with E-state index in [1.807, 2.05) is 18.2 Å². The maximum Gasteiger partial charge on any atom is 0.225 e. The summed E-state index contributed by atoms with van der Waals surface area (Å²) in [4.78, 5) is 14.4. The highest BCUT2D eigenvalue weighted by molar-refractivity contribution is 5.91. The van der Waals surface area contributed by atoms with Crippen molar-refractivity contribution in [2.45, 2.75) is 32.6 Å². The highest BCUT2D eigenvalue weighted by Crippen LogP contribution is 2.19. The number of anilines is 2. The highest BCUT2D eigenvalue weighted by atomic mass is 16.1. The Bertz CT molecular complexity index is 447. The molecular weight excluding hydrogens is 250 g/mol. The molecule has 1 aromatic rings. The molecule has 1 aromatic carbocycles. The van der Waals surface area contributed by atoms with Gasteiger partial charge < -0.3 is 16.0 Å².